The van der Waals surface area contributed by atoms with Gasteiger partial charge in [-0.15, -0.1) is 5.10 Å². The zero-order valence-electron chi connectivity index (χ0n) is 20.1. The summed E-state index contributed by atoms with van der Waals surface area (Å²) in [5, 5.41) is 17.3. The van der Waals surface area contributed by atoms with Crippen molar-refractivity contribution in [2.75, 3.05) is 14.2 Å². The maximum absolute atomic E-state index is 13.2. The average molecular weight is 499 g/mol. The number of nitriles is 1. The molecule has 3 aromatic carbocycles. The van der Waals surface area contributed by atoms with E-state index in [9.17, 15) is 9.65 Å². The first kappa shape index (κ1) is 23.8. The number of fused-ring (bicyclic) bond motifs is 1. The summed E-state index contributed by atoms with van der Waals surface area (Å²) in [6, 6.07) is 21.2. The lowest BCUT2D eigenvalue weighted by Gasteiger charge is -2.25. The van der Waals surface area contributed by atoms with Crippen LogP contribution in [0.1, 0.15) is 22.6 Å². The molecule has 2 heterocycles. The van der Waals surface area contributed by atoms with Crippen LogP contribution < -0.4 is 24.7 Å². The second-order valence-corrected chi connectivity index (χ2v) is 8.30. The van der Waals surface area contributed by atoms with Crippen LogP contribution in [-0.2, 0) is 6.61 Å². The summed E-state index contributed by atoms with van der Waals surface area (Å²) in [5.74, 6) is 1.10. The van der Waals surface area contributed by atoms with Gasteiger partial charge in [-0.05, 0) is 59.7 Å². The number of allylic oxidation sites excluding steroid dienone is 1. The largest absolute Gasteiger partial charge is 0.497 e. The van der Waals surface area contributed by atoms with Gasteiger partial charge in [-0.2, -0.15) is 5.26 Å². The topological polar surface area (TPSA) is 115 Å². The van der Waals surface area contributed by atoms with Gasteiger partial charge in [-0.1, -0.05) is 18.2 Å². The van der Waals surface area contributed by atoms with Crippen LogP contribution in [0.25, 0.3) is 11.3 Å². The Balaban J connectivity index is 1.53. The number of rotatable bonds is 7. The molecule has 0 amide bonds. The van der Waals surface area contributed by atoms with Crippen molar-refractivity contribution >= 4 is 0 Å². The van der Waals surface area contributed by atoms with E-state index in [2.05, 4.69) is 16.3 Å². The van der Waals surface area contributed by atoms with Crippen molar-refractivity contribution < 1.29 is 23.3 Å². The first-order valence-electron chi connectivity index (χ1n) is 11.4. The molecule has 1 atom stereocenters. The number of aromatic nitrogens is 2. The maximum atomic E-state index is 13.2. The maximum Gasteiger partial charge on any atom is 0.244 e. The first-order valence-corrected chi connectivity index (χ1v) is 11.4. The van der Waals surface area contributed by atoms with E-state index in [0.717, 1.165) is 16.7 Å². The molecule has 0 fully saturated rings. The van der Waals surface area contributed by atoms with Gasteiger partial charge in [0.2, 0.25) is 11.8 Å². The number of ether oxygens (including phenoxy) is 4. The highest BCUT2D eigenvalue weighted by molar-refractivity contribution is 5.71. The van der Waals surface area contributed by atoms with Crippen molar-refractivity contribution in [3.63, 3.8) is 0 Å². The molecule has 3 N–H and O–H groups in total. The molecular weight excluding hydrogens is 475 g/mol. The van der Waals surface area contributed by atoms with Crippen molar-refractivity contribution in [1.29, 1.82) is 5.26 Å². The average Bonchev–Trinajstić information content (AvgIpc) is 3.35. The van der Waals surface area contributed by atoms with Crippen LogP contribution in [0, 0.1) is 17.1 Å². The lowest BCUT2D eigenvalue weighted by molar-refractivity contribution is 0.284. The van der Waals surface area contributed by atoms with Crippen molar-refractivity contribution in [2.45, 2.75) is 12.5 Å². The second-order valence-electron chi connectivity index (χ2n) is 8.30. The summed E-state index contributed by atoms with van der Waals surface area (Å²) in [6.45, 7) is 0.233. The number of hydrogen-bond donors (Lipinski definition) is 2. The van der Waals surface area contributed by atoms with Crippen LogP contribution in [0.2, 0.25) is 0 Å². The molecule has 0 saturated carbocycles. The van der Waals surface area contributed by atoms with Gasteiger partial charge in [-0.25, -0.2) is 4.39 Å². The van der Waals surface area contributed by atoms with E-state index in [1.54, 1.807) is 31.4 Å². The van der Waals surface area contributed by atoms with E-state index in [0.29, 0.717) is 34.4 Å². The van der Waals surface area contributed by atoms with E-state index in [4.69, 9.17) is 24.7 Å². The summed E-state index contributed by atoms with van der Waals surface area (Å²) >= 11 is 0. The molecule has 1 aliphatic rings. The Kier molecular flexibility index (Phi) is 6.39. The minimum atomic E-state index is -0.565. The number of H-pyrrole nitrogens is 1. The molecular formula is C28H23FN4O4. The van der Waals surface area contributed by atoms with E-state index < -0.39 is 5.92 Å². The van der Waals surface area contributed by atoms with Gasteiger partial charge in [-0.3, -0.25) is 5.10 Å². The highest BCUT2D eigenvalue weighted by Gasteiger charge is 2.36. The van der Waals surface area contributed by atoms with Gasteiger partial charge in [0.25, 0.3) is 0 Å². The lowest BCUT2D eigenvalue weighted by Crippen LogP contribution is -2.21. The molecule has 1 aromatic heterocycles. The highest BCUT2D eigenvalue weighted by Crippen LogP contribution is 2.47. The lowest BCUT2D eigenvalue weighted by atomic mass is 9.83. The summed E-state index contributed by atoms with van der Waals surface area (Å²) in [5.41, 5.74) is 10.1. The fraction of sp³-hybridized carbons (Fsp3) is 0.143. The number of halogens is 1. The Morgan fingerprint density at radius 3 is 2.46 bits per heavy atom. The molecule has 0 saturated heterocycles. The van der Waals surface area contributed by atoms with Crippen molar-refractivity contribution in [3.05, 3.63) is 101 Å². The van der Waals surface area contributed by atoms with Crippen LogP contribution in [0.15, 0.2) is 78.2 Å². The van der Waals surface area contributed by atoms with Crippen molar-refractivity contribution in [1.82, 2.24) is 10.2 Å². The Morgan fingerprint density at radius 2 is 1.78 bits per heavy atom. The molecule has 37 heavy (non-hydrogen) atoms. The Labute approximate surface area is 212 Å². The van der Waals surface area contributed by atoms with Gasteiger partial charge in [0.05, 0.1) is 31.4 Å². The van der Waals surface area contributed by atoms with Crippen molar-refractivity contribution in [2.24, 2.45) is 5.73 Å². The van der Waals surface area contributed by atoms with Crippen LogP contribution in [0.4, 0.5) is 4.39 Å². The monoisotopic (exact) mass is 498 g/mol. The molecule has 0 spiro atoms. The van der Waals surface area contributed by atoms with E-state index >= 15 is 0 Å². The predicted molar refractivity (Wildman–Crippen MR) is 134 cm³/mol. The third kappa shape index (κ3) is 4.52. The minimum absolute atomic E-state index is 0.0108. The number of nitrogens with two attached hydrogens (primary N) is 1. The highest BCUT2D eigenvalue weighted by atomic mass is 19.1. The van der Waals surface area contributed by atoms with Crippen LogP contribution in [-0.4, -0.2) is 24.4 Å². The van der Waals surface area contributed by atoms with E-state index in [1.807, 2.05) is 30.3 Å². The number of benzene rings is 3. The van der Waals surface area contributed by atoms with Crippen LogP contribution in [0.3, 0.4) is 0 Å². The van der Waals surface area contributed by atoms with Gasteiger partial charge in [0.15, 0.2) is 11.5 Å². The van der Waals surface area contributed by atoms with Crippen molar-refractivity contribution in [3.8, 4) is 40.5 Å². The number of nitrogens with one attached hydrogen (secondary N) is 1. The van der Waals surface area contributed by atoms with Gasteiger partial charge < -0.3 is 24.7 Å². The van der Waals surface area contributed by atoms with Gasteiger partial charge in [0.1, 0.15) is 29.8 Å². The standard InChI is InChI=1S/C28H23FN4O4/c1-34-20-10-5-17(6-11-20)26-25-24(21(14-30)27(31)37-28(25)33-32-26)18-7-12-22(23(13-18)35-2)36-15-16-3-8-19(29)9-4-16/h3-13,24H,15,31H2,1-2H3,(H,32,33)/t24-/m1/s1. The van der Waals surface area contributed by atoms with Crippen LogP contribution in [0.5, 0.6) is 23.1 Å². The fourth-order valence-electron chi connectivity index (χ4n) is 4.28. The normalized spacial score (nSPS) is 14.4. The van der Waals surface area contributed by atoms with E-state index in [1.165, 1.54) is 19.2 Å². The van der Waals surface area contributed by atoms with Gasteiger partial charge in [0, 0.05) is 5.56 Å². The smallest absolute Gasteiger partial charge is 0.244 e. The summed E-state index contributed by atoms with van der Waals surface area (Å²) in [6.07, 6.45) is 0. The zero-order chi connectivity index (χ0) is 25.9. The molecule has 0 aliphatic carbocycles. The summed E-state index contributed by atoms with van der Waals surface area (Å²) < 4.78 is 35.7. The predicted octanol–water partition coefficient (Wildman–Crippen LogP) is 5.03. The Hall–Kier alpha value is -4.97. The first-order chi connectivity index (χ1) is 18.0. The second kappa shape index (κ2) is 9.95. The zero-order valence-corrected chi connectivity index (χ0v) is 20.1. The quantitative estimate of drug-likeness (QED) is 0.367. The molecule has 5 rings (SSSR count). The third-order valence-electron chi connectivity index (χ3n) is 6.15. The number of methoxy groups -OCH3 is 2. The van der Waals surface area contributed by atoms with E-state index in [-0.39, 0.29) is 23.9 Å². The summed E-state index contributed by atoms with van der Waals surface area (Å²) in [7, 11) is 3.14. The molecule has 1 aliphatic heterocycles. The molecule has 8 nitrogen and oxygen atoms in total. The number of nitrogens with zero attached hydrogens (tertiary/aromatic N) is 2. The number of aromatic amines is 1. The van der Waals surface area contributed by atoms with Crippen LogP contribution >= 0.6 is 0 Å². The SMILES string of the molecule is COc1ccc(-c2[nH]nc3c2[C@H](c2ccc(OCc4ccc(F)cc4)c(OC)c2)C(C#N)=C(N)O3)cc1. The molecule has 0 radical (unpaired) electrons. The molecule has 4 aromatic rings. The summed E-state index contributed by atoms with van der Waals surface area (Å²) in [4.78, 5) is 0. The molecule has 9 heteroatoms. The molecule has 0 unspecified atom stereocenters. The molecule has 0 bridgehead atoms. The van der Waals surface area contributed by atoms with Gasteiger partial charge >= 0.3 is 0 Å². The fourth-order valence-corrected chi connectivity index (χ4v) is 4.28. The number of hydrogen-bond acceptors (Lipinski definition) is 7. The third-order valence-corrected chi connectivity index (χ3v) is 6.15. The molecule has 186 valence electrons. The Morgan fingerprint density at radius 1 is 1.03 bits per heavy atom. The minimum Gasteiger partial charge on any atom is -0.497 e. The Bertz CT molecular complexity index is 1500.